The number of carbonyl (C=O) groups excluding carboxylic acids is 2. The van der Waals surface area contributed by atoms with E-state index in [1.807, 2.05) is 24.3 Å². The summed E-state index contributed by atoms with van der Waals surface area (Å²) in [6.45, 7) is 3.00. The summed E-state index contributed by atoms with van der Waals surface area (Å²) in [7, 11) is -2.64. The largest absolute Gasteiger partial charge is 0.357 e. The van der Waals surface area contributed by atoms with Crippen LogP contribution in [0.3, 0.4) is 0 Å². The highest BCUT2D eigenvalue weighted by molar-refractivity contribution is 9.10. The molecule has 1 N–H and O–H groups in total. The standard InChI is InChI=1S/C26H27BrClN3O4S/c1-18-12-13-22(15-24(18)28)31(36(34,35)23-10-5-4-6-11-23)17-25(32)30(19(2)26(33)29-3)16-20-8-7-9-21(27)14-20/h4-15,19H,16-17H2,1-3H3,(H,29,33)/t19-/m1/s1. The molecular weight excluding hydrogens is 566 g/mol. The Kier molecular flexibility index (Phi) is 9.16. The number of rotatable bonds is 9. The van der Waals surface area contributed by atoms with Crippen molar-refractivity contribution < 1.29 is 18.0 Å². The molecule has 0 aliphatic rings. The van der Waals surface area contributed by atoms with Crippen LogP contribution < -0.4 is 9.62 Å². The molecule has 0 fully saturated rings. The van der Waals surface area contributed by atoms with E-state index >= 15 is 0 Å². The number of aryl methyl sites for hydroxylation is 1. The number of amides is 2. The highest BCUT2D eigenvalue weighted by Crippen LogP contribution is 2.28. The molecule has 0 aliphatic carbocycles. The Balaban J connectivity index is 2.05. The van der Waals surface area contributed by atoms with Gasteiger partial charge in [0.25, 0.3) is 10.0 Å². The molecule has 0 unspecified atom stereocenters. The fraction of sp³-hybridized carbons (Fsp3) is 0.231. The van der Waals surface area contributed by atoms with Crippen LogP contribution in [0.15, 0.2) is 82.2 Å². The van der Waals surface area contributed by atoms with E-state index in [9.17, 15) is 18.0 Å². The molecule has 0 heterocycles. The zero-order valence-corrected chi connectivity index (χ0v) is 23.3. The van der Waals surface area contributed by atoms with Gasteiger partial charge in [-0.05, 0) is 61.4 Å². The van der Waals surface area contributed by atoms with Gasteiger partial charge in [-0.25, -0.2) is 8.42 Å². The number of benzene rings is 3. The zero-order chi connectivity index (χ0) is 26.5. The maximum atomic E-state index is 13.7. The summed E-state index contributed by atoms with van der Waals surface area (Å²) in [5.74, 6) is -0.906. The minimum Gasteiger partial charge on any atom is -0.357 e. The molecule has 0 saturated heterocycles. The maximum Gasteiger partial charge on any atom is 0.264 e. The van der Waals surface area contributed by atoms with Gasteiger partial charge in [-0.1, -0.05) is 63.9 Å². The molecule has 3 rings (SSSR count). The molecule has 36 heavy (non-hydrogen) atoms. The first-order valence-corrected chi connectivity index (χ1v) is 13.7. The van der Waals surface area contributed by atoms with Gasteiger partial charge < -0.3 is 10.2 Å². The summed E-state index contributed by atoms with van der Waals surface area (Å²) in [6.07, 6.45) is 0. The SMILES string of the molecule is CNC(=O)[C@@H](C)N(Cc1cccc(Br)c1)C(=O)CN(c1ccc(C)c(Cl)c1)S(=O)(=O)c1ccccc1. The van der Waals surface area contributed by atoms with Crippen LogP contribution >= 0.6 is 27.5 Å². The van der Waals surface area contributed by atoms with Gasteiger partial charge >= 0.3 is 0 Å². The minimum absolute atomic E-state index is 0.0346. The van der Waals surface area contributed by atoms with Crippen molar-refractivity contribution in [1.82, 2.24) is 10.2 Å². The van der Waals surface area contributed by atoms with E-state index < -0.39 is 28.5 Å². The number of likely N-dealkylation sites (N-methyl/N-ethyl adjacent to an activating group) is 1. The molecule has 3 aromatic rings. The first kappa shape index (κ1) is 27.7. The number of anilines is 1. The monoisotopic (exact) mass is 591 g/mol. The van der Waals surface area contributed by atoms with E-state index in [1.54, 1.807) is 44.2 Å². The molecule has 7 nitrogen and oxygen atoms in total. The Labute approximate surface area is 225 Å². The van der Waals surface area contributed by atoms with Gasteiger partial charge in [-0.2, -0.15) is 0 Å². The lowest BCUT2D eigenvalue weighted by Crippen LogP contribution is -2.50. The molecule has 10 heteroatoms. The van der Waals surface area contributed by atoms with Crippen molar-refractivity contribution in [3.8, 4) is 0 Å². The van der Waals surface area contributed by atoms with Crippen molar-refractivity contribution in [1.29, 1.82) is 0 Å². The van der Waals surface area contributed by atoms with E-state index in [0.717, 1.165) is 19.9 Å². The van der Waals surface area contributed by atoms with Crippen LogP contribution in [0.4, 0.5) is 5.69 Å². The number of carbonyl (C=O) groups is 2. The molecule has 3 aromatic carbocycles. The molecule has 0 aliphatic heterocycles. The lowest BCUT2D eigenvalue weighted by molar-refractivity contribution is -0.139. The van der Waals surface area contributed by atoms with Crippen LogP contribution in [0.2, 0.25) is 5.02 Å². The summed E-state index contributed by atoms with van der Waals surface area (Å²) in [4.78, 5) is 27.6. The normalized spacial score (nSPS) is 12.0. The number of hydrogen-bond donors (Lipinski definition) is 1. The third kappa shape index (κ3) is 6.46. The maximum absolute atomic E-state index is 13.7. The number of nitrogens with one attached hydrogen (secondary N) is 1. The van der Waals surface area contributed by atoms with Crippen LogP contribution in [0, 0.1) is 6.92 Å². The fourth-order valence-electron chi connectivity index (χ4n) is 3.61. The second-order valence-electron chi connectivity index (χ2n) is 8.20. The average molecular weight is 593 g/mol. The van der Waals surface area contributed by atoms with Crippen LogP contribution in [0.5, 0.6) is 0 Å². The Morgan fingerprint density at radius 3 is 2.33 bits per heavy atom. The lowest BCUT2D eigenvalue weighted by Gasteiger charge is -2.32. The minimum atomic E-state index is -4.12. The Morgan fingerprint density at radius 1 is 1.03 bits per heavy atom. The fourth-order valence-corrected chi connectivity index (χ4v) is 5.66. The summed E-state index contributed by atoms with van der Waals surface area (Å²) in [6, 6.07) is 19.2. The van der Waals surface area contributed by atoms with E-state index in [2.05, 4.69) is 21.2 Å². The number of sulfonamides is 1. The lowest BCUT2D eigenvalue weighted by atomic mass is 10.1. The molecule has 0 bridgehead atoms. The Morgan fingerprint density at radius 2 is 1.72 bits per heavy atom. The molecular formula is C26H27BrClN3O4S. The van der Waals surface area contributed by atoms with Crippen LogP contribution in [-0.2, 0) is 26.2 Å². The highest BCUT2D eigenvalue weighted by Gasteiger charge is 2.32. The first-order valence-electron chi connectivity index (χ1n) is 11.1. The molecule has 0 spiro atoms. The predicted octanol–water partition coefficient (Wildman–Crippen LogP) is 4.77. The molecule has 190 valence electrons. The Hall–Kier alpha value is -2.88. The Bertz CT molecular complexity index is 1350. The summed E-state index contributed by atoms with van der Waals surface area (Å²) >= 11 is 9.73. The second-order valence-corrected chi connectivity index (χ2v) is 11.4. The number of halogens is 2. The van der Waals surface area contributed by atoms with Crippen molar-refractivity contribution in [3.05, 3.63) is 93.4 Å². The van der Waals surface area contributed by atoms with Crippen LogP contribution in [0.1, 0.15) is 18.1 Å². The summed E-state index contributed by atoms with van der Waals surface area (Å²) < 4.78 is 29.2. The van der Waals surface area contributed by atoms with Crippen molar-refractivity contribution in [2.24, 2.45) is 0 Å². The van der Waals surface area contributed by atoms with Gasteiger partial charge in [0.05, 0.1) is 10.6 Å². The van der Waals surface area contributed by atoms with E-state index in [4.69, 9.17) is 11.6 Å². The molecule has 0 saturated carbocycles. The quantitative estimate of drug-likeness (QED) is 0.388. The van der Waals surface area contributed by atoms with Gasteiger partial charge in [-0.3, -0.25) is 13.9 Å². The van der Waals surface area contributed by atoms with Crippen LogP contribution in [-0.4, -0.2) is 44.8 Å². The number of hydrogen-bond acceptors (Lipinski definition) is 4. The second kappa shape index (κ2) is 11.9. The molecule has 2 amide bonds. The van der Waals surface area contributed by atoms with Gasteiger partial charge in [0, 0.05) is 23.1 Å². The molecule has 0 aromatic heterocycles. The first-order chi connectivity index (χ1) is 17.0. The van der Waals surface area contributed by atoms with Crippen molar-refractivity contribution >= 4 is 55.1 Å². The van der Waals surface area contributed by atoms with E-state index in [1.165, 1.54) is 30.1 Å². The summed E-state index contributed by atoms with van der Waals surface area (Å²) in [5.41, 5.74) is 1.80. The smallest absolute Gasteiger partial charge is 0.264 e. The van der Waals surface area contributed by atoms with Crippen molar-refractivity contribution in [2.45, 2.75) is 31.3 Å². The van der Waals surface area contributed by atoms with Crippen molar-refractivity contribution in [3.63, 3.8) is 0 Å². The third-order valence-corrected chi connectivity index (χ3v) is 8.40. The topological polar surface area (TPSA) is 86.8 Å². The number of nitrogens with zero attached hydrogens (tertiary/aromatic N) is 2. The van der Waals surface area contributed by atoms with Gasteiger partial charge in [0.1, 0.15) is 12.6 Å². The zero-order valence-electron chi connectivity index (χ0n) is 20.1. The van der Waals surface area contributed by atoms with E-state index in [0.29, 0.717) is 5.02 Å². The van der Waals surface area contributed by atoms with Gasteiger partial charge in [0.2, 0.25) is 11.8 Å². The van der Waals surface area contributed by atoms with Crippen molar-refractivity contribution in [2.75, 3.05) is 17.9 Å². The van der Waals surface area contributed by atoms with Gasteiger partial charge in [0.15, 0.2) is 0 Å². The van der Waals surface area contributed by atoms with Gasteiger partial charge in [-0.15, -0.1) is 0 Å². The highest BCUT2D eigenvalue weighted by atomic mass is 79.9. The van der Waals surface area contributed by atoms with Crippen LogP contribution in [0.25, 0.3) is 0 Å². The molecule has 1 atom stereocenters. The predicted molar refractivity (Wildman–Crippen MR) is 145 cm³/mol. The summed E-state index contributed by atoms with van der Waals surface area (Å²) in [5, 5.41) is 2.93. The van der Waals surface area contributed by atoms with E-state index in [-0.39, 0.29) is 23.0 Å². The third-order valence-electron chi connectivity index (χ3n) is 5.71. The average Bonchev–Trinajstić information content (AvgIpc) is 2.87. The molecule has 0 radical (unpaired) electrons.